The Morgan fingerprint density at radius 1 is 1.29 bits per heavy atom. The average molecular weight is 489 g/mol. The summed E-state index contributed by atoms with van der Waals surface area (Å²) in [4.78, 5) is 23.2. The quantitative estimate of drug-likeness (QED) is 0.440. The van der Waals surface area contributed by atoms with Gasteiger partial charge in [-0.2, -0.15) is 0 Å². The molecule has 1 saturated heterocycles. The van der Waals surface area contributed by atoms with Crippen LogP contribution in [0.2, 0.25) is 5.02 Å². The Bertz CT molecular complexity index is 1170. The Hall–Kier alpha value is -3.21. The van der Waals surface area contributed by atoms with E-state index in [2.05, 4.69) is 25.9 Å². The van der Waals surface area contributed by atoms with Gasteiger partial charge in [-0.05, 0) is 38.4 Å². The molecule has 1 atom stereocenters. The lowest BCUT2D eigenvalue weighted by molar-refractivity contribution is 0.142. The van der Waals surface area contributed by atoms with Crippen molar-refractivity contribution in [3.63, 3.8) is 0 Å². The van der Waals surface area contributed by atoms with Crippen molar-refractivity contribution in [2.24, 2.45) is 0 Å². The number of halogens is 2. The van der Waals surface area contributed by atoms with Crippen LogP contribution in [0.1, 0.15) is 6.42 Å². The van der Waals surface area contributed by atoms with Gasteiger partial charge in [0.15, 0.2) is 0 Å². The van der Waals surface area contributed by atoms with Crippen molar-refractivity contribution < 1.29 is 18.7 Å². The van der Waals surface area contributed by atoms with Crippen LogP contribution in [0.15, 0.2) is 36.7 Å². The van der Waals surface area contributed by atoms with E-state index >= 15 is 0 Å². The molecule has 9 nitrogen and oxygen atoms in total. The normalized spacial score (nSPS) is 15.5. The first kappa shape index (κ1) is 23.9. The van der Waals surface area contributed by atoms with Crippen molar-refractivity contribution in [1.29, 1.82) is 0 Å². The molecule has 0 radical (unpaired) electrons. The topological polar surface area (TPSA) is 101 Å². The average Bonchev–Trinajstić information content (AvgIpc) is 3.30. The Morgan fingerprint density at radius 2 is 2.15 bits per heavy atom. The van der Waals surface area contributed by atoms with E-state index in [0.717, 1.165) is 6.42 Å². The van der Waals surface area contributed by atoms with E-state index in [4.69, 9.17) is 21.1 Å². The molecule has 1 aliphatic heterocycles. The fraction of sp³-hybridized carbons (Fsp3) is 0.348. The van der Waals surface area contributed by atoms with Crippen molar-refractivity contribution in [3.05, 3.63) is 47.5 Å². The zero-order valence-electron chi connectivity index (χ0n) is 18.9. The van der Waals surface area contributed by atoms with E-state index in [1.54, 1.807) is 18.2 Å². The number of anilines is 3. The number of rotatable bonds is 8. The number of hydrogen-bond donors (Lipinski definition) is 3. The number of fused-ring (bicyclic) bond motifs is 1. The van der Waals surface area contributed by atoms with Crippen LogP contribution in [0.25, 0.3) is 10.9 Å². The first-order chi connectivity index (χ1) is 16.4. The summed E-state index contributed by atoms with van der Waals surface area (Å²) in [5.41, 5.74) is 1.64. The molecule has 1 aromatic heterocycles. The second kappa shape index (κ2) is 10.8. The number of urea groups is 1. The summed E-state index contributed by atoms with van der Waals surface area (Å²) in [6, 6.07) is 7.46. The fourth-order valence-electron chi connectivity index (χ4n) is 3.43. The predicted octanol–water partition coefficient (Wildman–Crippen LogP) is 4.02. The summed E-state index contributed by atoms with van der Waals surface area (Å²) in [6.07, 6.45) is 2.06. The lowest BCUT2D eigenvalue weighted by Crippen LogP contribution is -2.34. The maximum Gasteiger partial charge on any atom is 0.319 e. The molecule has 0 unspecified atom stereocenters. The van der Waals surface area contributed by atoms with E-state index in [9.17, 15) is 9.18 Å². The lowest BCUT2D eigenvalue weighted by atomic mass is 10.1. The highest BCUT2D eigenvalue weighted by atomic mass is 35.5. The number of nitrogens with zero attached hydrogens (tertiary/aromatic N) is 3. The molecule has 34 heavy (non-hydrogen) atoms. The number of hydrogen-bond acceptors (Lipinski definition) is 7. The second-order valence-electron chi connectivity index (χ2n) is 8.13. The molecule has 0 aliphatic carbocycles. The number of likely N-dealkylation sites (N-methyl/N-ethyl adjacent to an activating group) is 1. The highest BCUT2D eigenvalue weighted by molar-refractivity contribution is 6.31. The number of benzene rings is 2. The van der Waals surface area contributed by atoms with Crippen molar-refractivity contribution in [1.82, 2.24) is 20.2 Å². The van der Waals surface area contributed by atoms with Gasteiger partial charge in [0.25, 0.3) is 0 Å². The summed E-state index contributed by atoms with van der Waals surface area (Å²) in [7, 11) is 3.86. The van der Waals surface area contributed by atoms with E-state index < -0.39 is 5.82 Å². The summed E-state index contributed by atoms with van der Waals surface area (Å²) in [6.45, 7) is 2.30. The molecule has 3 N–H and O–H groups in total. The highest BCUT2D eigenvalue weighted by Gasteiger charge is 2.21. The monoisotopic (exact) mass is 488 g/mol. The third-order valence-corrected chi connectivity index (χ3v) is 5.48. The van der Waals surface area contributed by atoms with Gasteiger partial charge in [0.05, 0.1) is 29.4 Å². The molecule has 0 spiro atoms. The molecule has 2 aromatic carbocycles. The number of ether oxygens (including phenoxy) is 2. The highest BCUT2D eigenvalue weighted by Crippen LogP contribution is 2.35. The maximum absolute atomic E-state index is 13.6. The van der Waals surface area contributed by atoms with Crippen LogP contribution < -0.4 is 20.7 Å². The second-order valence-corrected chi connectivity index (χ2v) is 8.54. The van der Waals surface area contributed by atoms with E-state index in [-0.39, 0.29) is 17.2 Å². The third-order valence-electron chi connectivity index (χ3n) is 5.19. The van der Waals surface area contributed by atoms with Crippen LogP contribution in [0, 0.1) is 5.82 Å². The zero-order chi connectivity index (χ0) is 24.1. The molecule has 11 heteroatoms. The first-order valence-electron chi connectivity index (χ1n) is 10.8. The number of amides is 2. The van der Waals surface area contributed by atoms with Crippen LogP contribution in [0.5, 0.6) is 5.75 Å². The molecule has 0 bridgehead atoms. The van der Waals surface area contributed by atoms with Gasteiger partial charge in [-0.15, -0.1) is 0 Å². The van der Waals surface area contributed by atoms with Crippen molar-refractivity contribution >= 4 is 45.7 Å². The number of carbonyl (C=O) groups excluding carboxylic acids is 1. The molecule has 2 amide bonds. The van der Waals surface area contributed by atoms with Crippen LogP contribution in [0.3, 0.4) is 0 Å². The minimum Gasteiger partial charge on any atom is -0.486 e. The van der Waals surface area contributed by atoms with E-state index in [1.165, 1.54) is 18.5 Å². The van der Waals surface area contributed by atoms with Crippen LogP contribution in [-0.2, 0) is 4.74 Å². The Labute approximate surface area is 201 Å². The maximum atomic E-state index is 13.6. The standard InChI is InChI=1S/C23H26ClFN6O3/c1-31(2)7-6-26-23(32)30-20-10-16-19(11-21(20)34-15-5-8-33-12-15)27-13-28-22(16)29-14-3-4-18(25)17(24)9-14/h3-4,9-11,13,15H,5-8,12H2,1-2H3,(H2,26,30,32)(H,27,28,29)/t15-/m0/s1. The Morgan fingerprint density at radius 3 is 2.88 bits per heavy atom. The van der Waals surface area contributed by atoms with Gasteiger partial charge < -0.3 is 30.3 Å². The first-order valence-corrected chi connectivity index (χ1v) is 11.2. The smallest absolute Gasteiger partial charge is 0.319 e. The SMILES string of the molecule is CN(C)CCNC(=O)Nc1cc2c(Nc3ccc(F)c(Cl)c3)ncnc2cc1O[C@H]1CCOC1. The molecule has 180 valence electrons. The molecule has 3 aromatic rings. The van der Waals surface area contributed by atoms with Crippen LogP contribution >= 0.6 is 11.6 Å². The molecule has 4 rings (SSSR count). The van der Waals surface area contributed by atoms with Crippen LogP contribution in [0.4, 0.5) is 26.4 Å². The largest absolute Gasteiger partial charge is 0.486 e. The van der Waals surface area contributed by atoms with Crippen molar-refractivity contribution in [2.75, 3.05) is 51.0 Å². The number of nitrogens with one attached hydrogen (secondary N) is 3. The minimum atomic E-state index is -0.510. The Balaban J connectivity index is 1.65. The summed E-state index contributed by atoms with van der Waals surface area (Å²) in [5, 5.41) is 9.47. The zero-order valence-corrected chi connectivity index (χ0v) is 19.7. The minimum absolute atomic E-state index is 0.00502. The van der Waals surface area contributed by atoms with Gasteiger partial charge in [0, 0.05) is 36.7 Å². The molecule has 1 fully saturated rings. The van der Waals surface area contributed by atoms with Gasteiger partial charge in [0.2, 0.25) is 0 Å². The molecule has 0 saturated carbocycles. The van der Waals surface area contributed by atoms with E-state index in [1.807, 2.05) is 19.0 Å². The predicted molar refractivity (Wildman–Crippen MR) is 130 cm³/mol. The fourth-order valence-corrected chi connectivity index (χ4v) is 3.61. The third kappa shape index (κ3) is 6.02. The van der Waals surface area contributed by atoms with Gasteiger partial charge >= 0.3 is 6.03 Å². The summed E-state index contributed by atoms with van der Waals surface area (Å²) in [5.74, 6) is 0.448. The van der Waals surface area contributed by atoms with Gasteiger partial charge in [-0.3, -0.25) is 0 Å². The lowest BCUT2D eigenvalue weighted by Gasteiger charge is -2.18. The van der Waals surface area contributed by atoms with Crippen molar-refractivity contribution in [3.8, 4) is 5.75 Å². The summed E-state index contributed by atoms with van der Waals surface area (Å²) < 4.78 is 25.1. The van der Waals surface area contributed by atoms with Gasteiger partial charge in [-0.1, -0.05) is 11.6 Å². The molecular formula is C23H26ClFN6O3. The van der Waals surface area contributed by atoms with Crippen LogP contribution in [-0.4, -0.2) is 67.4 Å². The number of aromatic nitrogens is 2. The molecular weight excluding hydrogens is 463 g/mol. The Kier molecular flexibility index (Phi) is 7.61. The number of carbonyl (C=O) groups is 1. The molecule has 2 heterocycles. The molecule has 1 aliphatic rings. The van der Waals surface area contributed by atoms with Crippen molar-refractivity contribution in [2.45, 2.75) is 12.5 Å². The van der Waals surface area contributed by atoms with E-state index in [0.29, 0.717) is 60.1 Å². The summed E-state index contributed by atoms with van der Waals surface area (Å²) >= 11 is 5.91. The van der Waals surface area contributed by atoms with Gasteiger partial charge in [0.1, 0.15) is 29.8 Å². The van der Waals surface area contributed by atoms with Gasteiger partial charge in [-0.25, -0.2) is 19.2 Å².